The molecule has 0 fully saturated rings. The summed E-state index contributed by atoms with van der Waals surface area (Å²) in [5.41, 5.74) is 5.38. The minimum absolute atomic E-state index is 0.0596. The summed E-state index contributed by atoms with van der Waals surface area (Å²) in [5, 5.41) is 24.2. The van der Waals surface area contributed by atoms with E-state index in [4.69, 9.17) is 14.8 Å². The van der Waals surface area contributed by atoms with Crippen molar-refractivity contribution in [1.29, 1.82) is 0 Å². The summed E-state index contributed by atoms with van der Waals surface area (Å²) in [6.45, 7) is 4.07. The van der Waals surface area contributed by atoms with Crippen LogP contribution in [0.25, 0.3) is 0 Å². The number of hydrogen-bond donors (Lipinski definition) is 5. The maximum absolute atomic E-state index is 12.9. The number of unbranched alkanes of at least 4 members (excludes halogenated alkanes) is 29. The zero-order valence-electron chi connectivity index (χ0n) is 36.8. The van der Waals surface area contributed by atoms with E-state index in [2.05, 4.69) is 31.3 Å². The largest absolute Gasteiger partial charge is 0.472 e. The Morgan fingerprint density at radius 2 is 0.964 bits per heavy atom. The van der Waals surface area contributed by atoms with Crippen LogP contribution in [0, 0.1) is 0 Å². The average molecular weight is 817 g/mol. The van der Waals surface area contributed by atoms with E-state index in [0.717, 1.165) is 51.4 Å². The monoisotopic (exact) mass is 817 g/mol. The molecule has 0 bridgehead atoms. The zero-order chi connectivity index (χ0) is 41.2. The molecule has 0 aromatic rings. The molecule has 0 aromatic heterocycles. The predicted molar refractivity (Wildman–Crippen MR) is 237 cm³/mol. The SMILES string of the molecule is CCCCCCCCCCC/C=C\CCCCCC(O)CC(=O)NC(COP(=O)(O)OCCN)C(O)CCCCCCCCCCCCCCCCCCCC. The lowest BCUT2D eigenvalue weighted by Gasteiger charge is -2.25. The molecule has 0 aliphatic rings. The van der Waals surface area contributed by atoms with Crippen molar-refractivity contribution in [3.8, 4) is 0 Å². The molecule has 0 spiro atoms. The molecule has 4 unspecified atom stereocenters. The van der Waals surface area contributed by atoms with E-state index in [9.17, 15) is 24.5 Å². The van der Waals surface area contributed by atoms with Gasteiger partial charge in [-0.3, -0.25) is 13.8 Å². The Morgan fingerprint density at radius 3 is 1.39 bits per heavy atom. The molecule has 0 saturated heterocycles. The van der Waals surface area contributed by atoms with Crippen molar-refractivity contribution in [2.24, 2.45) is 5.73 Å². The van der Waals surface area contributed by atoms with Crippen LogP contribution in [0.2, 0.25) is 0 Å². The summed E-state index contributed by atoms with van der Waals surface area (Å²) < 4.78 is 22.2. The number of carbonyl (C=O) groups is 1. The summed E-state index contributed by atoms with van der Waals surface area (Å²) in [4.78, 5) is 22.8. The standard InChI is InChI=1S/C46H93N2O7P/c1-3-5-7-9-11-13-15-17-19-21-22-24-26-28-30-32-34-36-38-45(50)44(42-55-56(52,53)54-40-39-47)48-46(51)41-43(49)37-35-33-31-29-27-25-23-20-18-16-14-12-10-8-6-4-2/h25,27,43-45,49-50H,3-24,26,28-42,47H2,1-2H3,(H,48,51)(H,52,53)/b27-25-. The Hall–Kier alpha value is -0.800. The Morgan fingerprint density at radius 1 is 0.589 bits per heavy atom. The van der Waals surface area contributed by atoms with Crippen LogP contribution in [0.15, 0.2) is 12.2 Å². The normalized spacial score (nSPS) is 14.6. The number of aliphatic hydroxyl groups excluding tert-OH is 2. The van der Waals surface area contributed by atoms with Crippen LogP contribution in [0.1, 0.15) is 239 Å². The van der Waals surface area contributed by atoms with Gasteiger partial charge in [-0.15, -0.1) is 0 Å². The van der Waals surface area contributed by atoms with Gasteiger partial charge in [-0.25, -0.2) is 4.57 Å². The minimum Gasteiger partial charge on any atom is -0.393 e. The van der Waals surface area contributed by atoms with Crippen molar-refractivity contribution in [1.82, 2.24) is 5.32 Å². The molecule has 10 heteroatoms. The van der Waals surface area contributed by atoms with Crippen LogP contribution in [0.5, 0.6) is 0 Å². The van der Waals surface area contributed by atoms with Gasteiger partial charge in [0.05, 0.1) is 37.9 Å². The molecule has 0 radical (unpaired) electrons. The van der Waals surface area contributed by atoms with Crippen LogP contribution in [-0.4, -0.2) is 59.0 Å². The summed E-state index contributed by atoms with van der Waals surface area (Å²) in [6.07, 6.45) is 44.0. The number of aliphatic hydroxyl groups is 2. The second-order valence-corrected chi connectivity index (χ2v) is 18.0. The number of phosphoric acid groups is 1. The first-order chi connectivity index (χ1) is 27.3. The van der Waals surface area contributed by atoms with Crippen molar-refractivity contribution >= 4 is 13.7 Å². The van der Waals surface area contributed by atoms with Crippen LogP contribution in [-0.2, 0) is 18.4 Å². The van der Waals surface area contributed by atoms with Crippen molar-refractivity contribution in [2.75, 3.05) is 19.8 Å². The smallest absolute Gasteiger partial charge is 0.393 e. The van der Waals surface area contributed by atoms with Gasteiger partial charge in [0.2, 0.25) is 5.91 Å². The summed E-state index contributed by atoms with van der Waals surface area (Å²) in [7, 11) is -4.38. The van der Waals surface area contributed by atoms with Gasteiger partial charge in [0.1, 0.15) is 0 Å². The van der Waals surface area contributed by atoms with Crippen LogP contribution in [0.3, 0.4) is 0 Å². The summed E-state index contributed by atoms with van der Waals surface area (Å²) >= 11 is 0. The Bertz CT molecular complexity index is 909. The fourth-order valence-electron chi connectivity index (χ4n) is 7.29. The highest BCUT2D eigenvalue weighted by atomic mass is 31.2. The van der Waals surface area contributed by atoms with Gasteiger partial charge in [-0.05, 0) is 38.5 Å². The first-order valence-electron chi connectivity index (χ1n) is 23.9. The van der Waals surface area contributed by atoms with E-state index < -0.39 is 32.0 Å². The third-order valence-corrected chi connectivity index (χ3v) is 11.9. The highest BCUT2D eigenvalue weighted by Crippen LogP contribution is 2.43. The van der Waals surface area contributed by atoms with Crippen LogP contribution >= 0.6 is 7.82 Å². The maximum Gasteiger partial charge on any atom is 0.472 e. The maximum atomic E-state index is 12.9. The zero-order valence-corrected chi connectivity index (χ0v) is 37.7. The number of allylic oxidation sites excluding steroid dienone is 2. The molecule has 0 aromatic carbocycles. The van der Waals surface area contributed by atoms with Crippen molar-refractivity contribution in [2.45, 2.75) is 257 Å². The number of amides is 1. The minimum atomic E-state index is -4.38. The van der Waals surface area contributed by atoms with Gasteiger partial charge in [0.25, 0.3) is 0 Å². The van der Waals surface area contributed by atoms with E-state index >= 15 is 0 Å². The second kappa shape index (κ2) is 42.3. The molecule has 4 atom stereocenters. The van der Waals surface area contributed by atoms with Gasteiger partial charge in [0, 0.05) is 6.54 Å². The van der Waals surface area contributed by atoms with Gasteiger partial charge in [0.15, 0.2) is 0 Å². The molecule has 9 nitrogen and oxygen atoms in total. The molecule has 6 N–H and O–H groups in total. The fourth-order valence-corrected chi connectivity index (χ4v) is 8.05. The lowest BCUT2D eigenvalue weighted by atomic mass is 10.0. The van der Waals surface area contributed by atoms with Crippen LogP contribution < -0.4 is 11.1 Å². The first kappa shape index (κ1) is 55.2. The van der Waals surface area contributed by atoms with E-state index in [1.165, 1.54) is 154 Å². The third kappa shape index (κ3) is 40.0. The molecule has 56 heavy (non-hydrogen) atoms. The van der Waals surface area contributed by atoms with E-state index in [0.29, 0.717) is 12.8 Å². The Balaban J connectivity index is 4.21. The van der Waals surface area contributed by atoms with Gasteiger partial charge in [-0.1, -0.05) is 206 Å². The fraction of sp³-hybridized carbons (Fsp3) is 0.935. The van der Waals surface area contributed by atoms with Crippen molar-refractivity contribution in [3.63, 3.8) is 0 Å². The lowest BCUT2D eigenvalue weighted by molar-refractivity contribution is -0.125. The topological polar surface area (TPSA) is 151 Å². The number of hydrogen-bond acceptors (Lipinski definition) is 7. The molecule has 0 aliphatic heterocycles. The lowest BCUT2D eigenvalue weighted by Crippen LogP contribution is -2.47. The van der Waals surface area contributed by atoms with E-state index in [1.54, 1.807) is 0 Å². The molecular weight excluding hydrogens is 723 g/mol. The summed E-state index contributed by atoms with van der Waals surface area (Å²) in [5.74, 6) is -0.418. The molecule has 0 saturated carbocycles. The quantitative estimate of drug-likeness (QED) is 0.0231. The van der Waals surface area contributed by atoms with Crippen molar-refractivity contribution in [3.05, 3.63) is 12.2 Å². The number of nitrogens with two attached hydrogens (primary N) is 1. The average Bonchev–Trinajstić information content (AvgIpc) is 3.17. The highest BCUT2D eigenvalue weighted by molar-refractivity contribution is 7.47. The molecule has 334 valence electrons. The first-order valence-corrected chi connectivity index (χ1v) is 25.4. The number of rotatable bonds is 45. The highest BCUT2D eigenvalue weighted by Gasteiger charge is 2.28. The van der Waals surface area contributed by atoms with Gasteiger partial charge >= 0.3 is 7.82 Å². The van der Waals surface area contributed by atoms with E-state index in [-0.39, 0.29) is 26.2 Å². The van der Waals surface area contributed by atoms with Crippen LogP contribution in [0.4, 0.5) is 0 Å². The molecule has 0 heterocycles. The van der Waals surface area contributed by atoms with Gasteiger partial charge < -0.3 is 26.2 Å². The Kier molecular flexibility index (Phi) is 41.7. The van der Waals surface area contributed by atoms with E-state index in [1.807, 2.05) is 0 Å². The predicted octanol–water partition coefficient (Wildman–Crippen LogP) is 12.5. The molecule has 0 rings (SSSR count). The number of phosphoric ester groups is 1. The molecular formula is C46H93N2O7P. The summed E-state index contributed by atoms with van der Waals surface area (Å²) in [6, 6.07) is -0.898. The second-order valence-electron chi connectivity index (χ2n) is 16.5. The third-order valence-electron chi connectivity index (χ3n) is 10.9. The van der Waals surface area contributed by atoms with Gasteiger partial charge in [-0.2, -0.15) is 0 Å². The van der Waals surface area contributed by atoms with Crippen molar-refractivity contribution < 1.29 is 33.5 Å². The number of nitrogens with one attached hydrogen (secondary N) is 1. The molecule has 0 aliphatic carbocycles. The Labute approximate surface area is 346 Å². The molecule has 1 amide bonds. The number of carbonyl (C=O) groups excluding carboxylic acids is 1.